The number of rotatable bonds is 1. The second-order valence-electron chi connectivity index (χ2n) is 7.57. The van der Waals surface area contributed by atoms with Crippen LogP contribution in [-0.2, 0) is 0 Å². The van der Waals surface area contributed by atoms with Crippen LogP contribution in [0.2, 0.25) is 0 Å². The SMILES string of the molecule is FC1(F)CCN(c2ccc3nc4ccc(=[N+]5CCC(F)(F)C5)cc-4sc3c2)C1. The van der Waals surface area contributed by atoms with Crippen molar-refractivity contribution < 1.29 is 17.6 Å². The minimum absolute atomic E-state index is 0.131. The smallest absolute Gasteiger partial charge is 0.311 e. The Balaban J connectivity index is 1.58. The van der Waals surface area contributed by atoms with Crippen molar-refractivity contribution in [3.63, 3.8) is 0 Å². The van der Waals surface area contributed by atoms with Crippen molar-refractivity contribution in [2.24, 2.45) is 0 Å². The van der Waals surface area contributed by atoms with Crippen molar-refractivity contribution in [3.05, 3.63) is 41.8 Å². The number of aromatic nitrogens is 1. The van der Waals surface area contributed by atoms with Crippen LogP contribution in [0.3, 0.4) is 0 Å². The standard InChI is InChI=1S/C20H18F4N3S/c21-19(22)5-7-26(11-19)13-1-3-15-17(9-13)28-18-10-14(2-4-16(18)25-15)27-8-6-20(23,24)12-27/h1-4,9-10H,5-8,11-12H2/q+1. The number of benzene rings is 2. The Morgan fingerprint density at radius 3 is 2.57 bits per heavy atom. The molecule has 1 aromatic carbocycles. The molecule has 146 valence electrons. The van der Waals surface area contributed by atoms with Gasteiger partial charge < -0.3 is 4.90 Å². The molecule has 1 aromatic rings. The average Bonchev–Trinajstić information content (AvgIpc) is 3.20. The fourth-order valence-electron chi connectivity index (χ4n) is 3.91. The molecule has 2 saturated heterocycles. The highest BCUT2D eigenvalue weighted by atomic mass is 32.1. The molecule has 0 N–H and O–H groups in total. The Labute approximate surface area is 162 Å². The largest absolute Gasteiger partial charge is 0.365 e. The van der Waals surface area contributed by atoms with Gasteiger partial charge in [0.2, 0.25) is 11.9 Å². The molecule has 1 aliphatic carbocycles. The van der Waals surface area contributed by atoms with E-state index in [1.165, 1.54) is 11.3 Å². The van der Waals surface area contributed by atoms with Crippen molar-refractivity contribution >= 4 is 27.2 Å². The molecule has 3 aliphatic heterocycles. The molecule has 0 aromatic heterocycles. The minimum Gasteiger partial charge on any atom is -0.365 e. The summed E-state index contributed by atoms with van der Waals surface area (Å²) in [7, 11) is 0. The summed E-state index contributed by atoms with van der Waals surface area (Å²) in [4.78, 5) is 7.23. The predicted molar refractivity (Wildman–Crippen MR) is 103 cm³/mol. The molecule has 28 heavy (non-hydrogen) atoms. The lowest BCUT2D eigenvalue weighted by Crippen LogP contribution is -2.30. The zero-order valence-electron chi connectivity index (χ0n) is 15.0. The molecule has 0 unspecified atom stereocenters. The monoisotopic (exact) mass is 408 g/mol. The summed E-state index contributed by atoms with van der Waals surface area (Å²) in [6.07, 6.45) is -0.261. The lowest BCUT2D eigenvalue weighted by molar-refractivity contribution is 0.0219. The van der Waals surface area contributed by atoms with Crippen LogP contribution in [-0.4, -0.2) is 43.0 Å². The molecule has 0 spiro atoms. The van der Waals surface area contributed by atoms with Crippen molar-refractivity contribution in [3.8, 4) is 10.6 Å². The topological polar surface area (TPSA) is 19.1 Å². The second kappa shape index (κ2) is 6.14. The van der Waals surface area contributed by atoms with E-state index in [2.05, 4.69) is 4.98 Å². The highest BCUT2D eigenvalue weighted by molar-refractivity contribution is 7.21. The summed E-state index contributed by atoms with van der Waals surface area (Å²) < 4.78 is 56.7. The Bertz CT molecular complexity index is 1110. The second-order valence-corrected chi connectivity index (χ2v) is 8.66. The summed E-state index contributed by atoms with van der Waals surface area (Å²) in [5.41, 5.74) is 2.36. The van der Waals surface area contributed by atoms with Gasteiger partial charge in [-0.1, -0.05) is 0 Å². The first-order valence-electron chi connectivity index (χ1n) is 9.21. The van der Waals surface area contributed by atoms with Gasteiger partial charge in [0.15, 0.2) is 0 Å². The first-order chi connectivity index (χ1) is 13.3. The number of hydrogen-bond donors (Lipinski definition) is 0. The number of anilines is 1. The molecule has 3 heterocycles. The Morgan fingerprint density at radius 1 is 1.00 bits per heavy atom. The van der Waals surface area contributed by atoms with E-state index in [9.17, 15) is 17.6 Å². The van der Waals surface area contributed by atoms with E-state index in [4.69, 9.17) is 0 Å². The van der Waals surface area contributed by atoms with Crippen molar-refractivity contribution in [2.75, 3.05) is 31.1 Å². The maximum atomic E-state index is 13.5. The molecule has 2 fully saturated rings. The van der Waals surface area contributed by atoms with Crippen LogP contribution in [0.15, 0.2) is 36.4 Å². The Kier molecular flexibility index (Phi) is 3.91. The molecular weight excluding hydrogens is 390 g/mol. The van der Waals surface area contributed by atoms with Crippen molar-refractivity contribution in [1.29, 1.82) is 0 Å². The van der Waals surface area contributed by atoms with Gasteiger partial charge in [0.25, 0.3) is 5.92 Å². The molecule has 5 rings (SSSR count). The van der Waals surface area contributed by atoms with E-state index < -0.39 is 11.8 Å². The number of nitrogens with zero attached hydrogens (tertiary/aromatic N) is 3. The fourth-order valence-corrected chi connectivity index (χ4v) is 4.94. The summed E-state index contributed by atoms with van der Waals surface area (Å²) in [5, 5.41) is 0.761. The first kappa shape index (κ1) is 17.8. The van der Waals surface area contributed by atoms with Crippen LogP contribution < -0.4 is 14.8 Å². The van der Waals surface area contributed by atoms with Crippen LogP contribution >= 0.6 is 11.3 Å². The van der Waals surface area contributed by atoms with Crippen LogP contribution in [0.25, 0.3) is 20.8 Å². The molecule has 3 nitrogen and oxygen atoms in total. The molecular formula is C20H18F4N3S+. The zero-order valence-corrected chi connectivity index (χ0v) is 15.8. The van der Waals surface area contributed by atoms with Gasteiger partial charge in [-0.15, -0.1) is 11.3 Å². The Morgan fingerprint density at radius 2 is 1.86 bits per heavy atom. The van der Waals surface area contributed by atoms with E-state index in [-0.39, 0.29) is 25.9 Å². The van der Waals surface area contributed by atoms with Crippen LogP contribution in [0.4, 0.5) is 23.2 Å². The third kappa shape index (κ3) is 3.23. The van der Waals surface area contributed by atoms with Crippen LogP contribution in [0.5, 0.6) is 0 Å². The lowest BCUT2D eigenvalue weighted by atomic mass is 10.2. The molecule has 0 saturated carbocycles. The van der Waals surface area contributed by atoms with Gasteiger partial charge in [-0.3, -0.25) is 0 Å². The van der Waals surface area contributed by atoms with Gasteiger partial charge in [-0.05, 0) is 24.3 Å². The molecule has 0 radical (unpaired) electrons. The number of alkyl halides is 4. The van der Waals surface area contributed by atoms with E-state index in [1.807, 2.05) is 36.4 Å². The van der Waals surface area contributed by atoms with E-state index in [0.29, 0.717) is 13.1 Å². The van der Waals surface area contributed by atoms with Gasteiger partial charge in [0, 0.05) is 30.8 Å². The number of hydrogen-bond acceptors (Lipinski definition) is 3. The van der Waals surface area contributed by atoms with E-state index >= 15 is 0 Å². The third-order valence-corrected chi connectivity index (χ3v) is 6.51. The van der Waals surface area contributed by atoms with E-state index in [0.717, 1.165) is 31.8 Å². The summed E-state index contributed by atoms with van der Waals surface area (Å²) in [6.45, 7) is 0.129. The predicted octanol–water partition coefficient (Wildman–Crippen LogP) is 4.06. The van der Waals surface area contributed by atoms with Crippen molar-refractivity contribution in [1.82, 2.24) is 9.56 Å². The zero-order chi connectivity index (χ0) is 19.5. The quantitative estimate of drug-likeness (QED) is 0.344. The van der Waals surface area contributed by atoms with Crippen LogP contribution in [0.1, 0.15) is 12.8 Å². The van der Waals surface area contributed by atoms with Gasteiger partial charge in [0.05, 0.1) is 33.8 Å². The number of fused-ring (bicyclic) bond motifs is 2. The average molecular weight is 408 g/mol. The highest BCUT2D eigenvalue weighted by Gasteiger charge is 2.42. The molecule has 0 atom stereocenters. The first-order valence-corrected chi connectivity index (χ1v) is 10.0. The maximum absolute atomic E-state index is 13.5. The number of halogens is 4. The summed E-state index contributed by atoms with van der Waals surface area (Å²) in [5.74, 6) is -5.29. The van der Waals surface area contributed by atoms with E-state index in [1.54, 1.807) is 9.48 Å². The normalized spacial score (nSPS) is 23.1. The van der Waals surface area contributed by atoms with Gasteiger partial charge >= 0.3 is 5.92 Å². The van der Waals surface area contributed by atoms with Gasteiger partial charge in [-0.25, -0.2) is 18.3 Å². The molecule has 4 aliphatic rings. The van der Waals surface area contributed by atoms with Crippen LogP contribution in [0, 0.1) is 0 Å². The minimum atomic E-state index is -2.65. The summed E-state index contributed by atoms with van der Waals surface area (Å²) in [6, 6.07) is 11.2. The molecule has 8 heteroatoms. The Hall–Kier alpha value is -2.22. The highest BCUT2D eigenvalue weighted by Crippen LogP contribution is 2.35. The van der Waals surface area contributed by atoms with Crippen molar-refractivity contribution in [2.45, 2.75) is 24.7 Å². The fraction of sp³-hybridized carbons (Fsp3) is 0.400. The van der Waals surface area contributed by atoms with Gasteiger partial charge in [0.1, 0.15) is 6.54 Å². The molecule has 0 bridgehead atoms. The maximum Gasteiger partial charge on any atom is 0.311 e. The summed E-state index contributed by atoms with van der Waals surface area (Å²) >= 11 is 1.51. The molecule has 0 amide bonds. The third-order valence-electron chi connectivity index (χ3n) is 5.42. The lowest BCUT2D eigenvalue weighted by Gasteiger charge is -2.18. The van der Waals surface area contributed by atoms with Gasteiger partial charge in [-0.2, -0.15) is 8.78 Å².